The van der Waals surface area contributed by atoms with Crippen LogP contribution in [0.1, 0.15) is 34.7 Å². The zero-order chi connectivity index (χ0) is 21.1. The Bertz CT molecular complexity index is 1140. The Morgan fingerprint density at radius 1 is 1.10 bits per heavy atom. The summed E-state index contributed by atoms with van der Waals surface area (Å²) in [5.41, 5.74) is 2.97. The average Bonchev–Trinajstić information content (AvgIpc) is 3.21. The van der Waals surface area contributed by atoms with E-state index in [2.05, 4.69) is 15.5 Å². The Morgan fingerprint density at radius 2 is 1.83 bits per heavy atom. The van der Waals surface area contributed by atoms with Gasteiger partial charge in [-0.3, -0.25) is 9.10 Å². The summed E-state index contributed by atoms with van der Waals surface area (Å²) < 4.78 is 31.0. The van der Waals surface area contributed by atoms with Gasteiger partial charge in [-0.05, 0) is 44.0 Å². The number of rotatable bonds is 5. The summed E-state index contributed by atoms with van der Waals surface area (Å²) in [4.78, 5) is 16.7. The highest BCUT2D eigenvalue weighted by atomic mass is 32.2. The van der Waals surface area contributed by atoms with Crippen molar-refractivity contribution in [1.29, 1.82) is 0 Å². The average molecular weight is 426 g/mol. The first kappa shape index (κ1) is 20.1. The Hall–Kier alpha value is -3.20. The highest BCUT2D eigenvalue weighted by Gasteiger charge is 2.26. The third kappa shape index (κ3) is 4.35. The van der Waals surface area contributed by atoms with Gasteiger partial charge in [0.2, 0.25) is 21.7 Å². The molecule has 8 nitrogen and oxygen atoms in total. The zero-order valence-electron chi connectivity index (χ0n) is 16.5. The maximum atomic E-state index is 12.4. The van der Waals surface area contributed by atoms with E-state index in [9.17, 15) is 13.2 Å². The molecule has 156 valence electrons. The molecule has 0 spiro atoms. The number of hydrogen-bond acceptors (Lipinski definition) is 6. The molecule has 3 aromatic rings. The van der Waals surface area contributed by atoms with Crippen molar-refractivity contribution in [3.8, 4) is 11.4 Å². The fourth-order valence-electron chi connectivity index (χ4n) is 3.26. The van der Waals surface area contributed by atoms with Crippen LogP contribution in [0, 0.1) is 6.92 Å². The van der Waals surface area contributed by atoms with Crippen LogP contribution < -0.4 is 9.62 Å². The quantitative estimate of drug-likeness (QED) is 0.673. The molecule has 1 fully saturated rings. The minimum atomic E-state index is -3.27. The van der Waals surface area contributed by atoms with Crippen LogP contribution in [0.2, 0.25) is 0 Å². The van der Waals surface area contributed by atoms with Gasteiger partial charge in [0, 0.05) is 17.7 Å². The second-order valence-electron chi connectivity index (χ2n) is 7.20. The van der Waals surface area contributed by atoms with Gasteiger partial charge in [0.1, 0.15) is 0 Å². The van der Waals surface area contributed by atoms with E-state index in [0.717, 1.165) is 17.5 Å². The van der Waals surface area contributed by atoms with E-state index in [0.29, 0.717) is 35.9 Å². The summed E-state index contributed by atoms with van der Waals surface area (Å²) in [5.74, 6) is 0.615. The summed E-state index contributed by atoms with van der Waals surface area (Å²) in [7, 11) is -3.27. The lowest BCUT2D eigenvalue weighted by atomic mass is 10.1. The molecule has 1 aromatic heterocycles. The van der Waals surface area contributed by atoms with Crippen molar-refractivity contribution in [3.63, 3.8) is 0 Å². The fraction of sp³-hybridized carbons (Fsp3) is 0.286. The molecule has 1 amide bonds. The third-order valence-corrected chi connectivity index (χ3v) is 6.81. The molecule has 2 aromatic carbocycles. The second-order valence-corrected chi connectivity index (χ2v) is 9.22. The van der Waals surface area contributed by atoms with Crippen molar-refractivity contribution in [3.05, 3.63) is 65.5 Å². The topological polar surface area (TPSA) is 105 Å². The molecule has 0 saturated carbocycles. The zero-order valence-corrected chi connectivity index (χ0v) is 17.4. The van der Waals surface area contributed by atoms with E-state index in [-0.39, 0.29) is 18.2 Å². The standard InChI is InChI=1S/C21H22N4O4S/c1-15-4-6-16(7-5-15)20-23-19(29-24-20)14-22-21(26)17-8-10-18(11-9-17)25-12-2-3-13-30(25,27)28/h4-11H,2-3,12-14H2,1H3,(H,22,26). The number of hydrogen-bond donors (Lipinski definition) is 1. The maximum absolute atomic E-state index is 12.4. The van der Waals surface area contributed by atoms with Crippen LogP contribution in [0.5, 0.6) is 0 Å². The van der Waals surface area contributed by atoms with Crippen LogP contribution in [0.25, 0.3) is 11.4 Å². The van der Waals surface area contributed by atoms with Crippen molar-refractivity contribution in [2.24, 2.45) is 0 Å². The van der Waals surface area contributed by atoms with E-state index in [1.807, 2.05) is 31.2 Å². The van der Waals surface area contributed by atoms with Crippen LogP contribution >= 0.6 is 0 Å². The predicted octanol–water partition coefficient (Wildman–Crippen LogP) is 2.91. The van der Waals surface area contributed by atoms with Crippen molar-refractivity contribution >= 4 is 21.6 Å². The molecule has 0 aliphatic carbocycles. The first-order valence-electron chi connectivity index (χ1n) is 9.71. The van der Waals surface area contributed by atoms with Gasteiger partial charge in [0.15, 0.2) is 0 Å². The van der Waals surface area contributed by atoms with E-state index < -0.39 is 10.0 Å². The van der Waals surface area contributed by atoms with Gasteiger partial charge in [-0.15, -0.1) is 0 Å². The lowest BCUT2D eigenvalue weighted by Crippen LogP contribution is -2.37. The highest BCUT2D eigenvalue weighted by molar-refractivity contribution is 7.92. The van der Waals surface area contributed by atoms with E-state index in [4.69, 9.17) is 4.52 Å². The van der Waals surface area contributed by atoms with Crippen LogP contribution in [0.3, 0.4) is 0 Å². The minimum absolute atomic E-state index is 0.0972. The Kier molecular flexibility index (Phi) is 5.54. The molecule has 1 aliphatic rings. The van der Waals surface area contributed by atoms with Crippen LogP contribution in [-0.2, 0) is 16.6 Å². The van der Waals surface area contributed by atoms with Crippen molar-refractivity contribution in [1.82, 2.24) is 15.5 Å². The number of anilines is 1. The number of carbonyl (C=O) groups excluding carboxylic acids is 1. The van der Waals surface area contributed by atoms with Crippen molar-refractivity contribution < 1.29 is 17.7 Å². The Morgan fingerprint density at radius 3 is 2.53 bits per heavy atom. The summed E-state index contributed by atoms with van der Waals surface area (Å²) in [6.07, 6.45) is 1.51. The molecule has 1 N–H and O–H groups in total. The van der Waals surface area contributed by atoms with Gasteiger partial charge >= 0.3 is 0 Å². The summed E-state index contributed by atoms with van der Waals surface area (Å²) in [6, 6.07) is 14.3. The van der Waals surface area contributed by atoms with Gasteiger partial charge < -0.3 is 9.84 Å². The SMILES string of the molecule is Cc1ccc(-c2noc(CNC(=O)c3ccc(N4CCCCS4(=O)=O)cc3)n2)cc1. The third-order valence-electron chi connectivity index (χ3n) is 4.94. The molecule has 4 rings (SSSR count). The number of nitrogens with one attached hydrogen (secondary N) is 1. The fourth-order valence-corrected chi connectivity index (χ4v) is 4.90. The monoisotopic (exact) mass is 426 g/mol. The lowest BCUT2D eigenvalue weighted by Gasteiger charge is -2.28. The van der Waals surface area contributed by atoms with E-state index >= 15 is 0 Å². The van der Waals surface area contributed by atoms with Gasteiger partial charge in [-0.2, -0.15) is 4.98 Å². The molecule has 9 heteroatoms. The summed E-state index contributed by atoms with van der Waals surface area (Å²) in [6.45, 7) is 2.56. The minimum Gasteiger partial charge on any atom is -0.343 e. The van der Waals surface area contributed by atoms with Crippen molar-refractivity contribution in [2.45, 2.75) is 26.3 Å². The lowest BCUT2D eigenvalue weighted by molar-refractivity contribution is 0.0946. The molecular formula is C21H22N4O4S. The number of nitrogens with zero attached hydrogens (tertiary/aromatic N) is 3. The smallest absolute Gasteiger partial charge is 0.251 e. The summed E-state index contributed by atoms with van der Waals surface area (Å²) in [5, 5.41) is 6.68. The molecule has 2 heterocycles. The number of amides is 1. The number of aryl methyl sites for hydroxylation is 1. The normalized spacial score (nSPS) is 15.7. The molecule has 0 radical (unpaired) electrons. The van der Waals surface area contributed by atoms with E-state index in [1.54, 1.807) is 24.3 Å². The first-order chi connectivity index (χ1) is 14.4. The van der Waals surface area contributed by atoms with Crippen LogP contribution in [0.15, 0.2) is 53.1 Å². The number of sulfonamides is 1. The molecule has 30 heavy (non-hydrogen) atoms. The Balaban J connectivity index is 1.38. The molecule has 0 unspecified atom stereocenters. The van der Waals surface area contributed by atoms with Crippen LogP contribution in [0.4, 0.5) is 5.69 Å². The van der Waals surface area contributed by atoms with Gasteiger partial charge in [0.25, 0.3) is 5.91 Å². The molecule has 0 atom stereocenters. The molecule has 1 aliphatic heterocycles. The van der Waals surface area contributed by atoms with E-state index in [1.165, 1.54) is 4.31 Å². The largest absolute Gasteiger partial charge is 0.343 e. The highest BCUT2D eigenvalue weighted by Crippen LogP contribution is 2.23. The Labute approximate surface area is 175 Å². The number of aromatic nitrogens is 2. The van der Waals surface area contributed by atoms with Crippen LogP contribution in [-0.4, -0.2) is 36.8 Å². The maximum Gasteiger partial charge on any atom is 0.251 e. The van der Waals surface area contributed by atoms with Gasteiger partial charge in [-0.1, -0.05) is 35.0 Å². The predicted molar refractivity (Wildman–Crippen MR) is 112 cm³/mol. The molecule has 1 saturated heterocycles. The molecular weight excluding hydrogens is 404 g/mol. The second kappa shape index (κ2) is 8.27. The number of benzene rings is 2. The summed E-state index contributed by atoms with van der Waals surface area (Å²) >= 11 is 0. The van der Waals surface area contributed by atoms with Gasteiger partial charge in [-0.25, -0.2) is 8.42 Å². The molecule has 0 bridgehead atoms. The first-order valence-corrected chi connectivity index (χ1v) is 11.3. The van der Waals surface area contributed by atoms with Crippen molar-refractivity contribution in [2.75, 3.05) is 16.6 Å². The van der Waals surface area contributed by atoms with Gasteiger partial charge in [0.05, 0.1) is 18.0 Å². The number of carbonyl (C=O) groups is 1.